The summed E-state index contributed by atoms with van der Waals surface area (Å²) in [4.78, 5) is 0.504. The van der Waals surface area contributed by atoms with Crippen molar-refractivity contribution in [2.75, 3.05) is 7.11 Å². The van der Waals surface area contributed by atoms with Gasteiger partial charge in [0.1, 0.15) is 5.75 Å². The van der Waals surface area contributed by atoms with Gasteiger partial charge in [0, 0.05) is 0 Å². The number of sulfone groups is 1. The van der Waals surface area contributed by atoms with E-state index in [0.29, 0.717) is 11.5 Å². The quantitative estimate of drug-likeness (QED) is 0.796. The molecule has 4 nitrogen and oxygen atoms in total. The lowest BCUT2D eigenvalue weighted by Crippen LogP contribution is -2.02. The average Bonchev–Trinajstić information content (AvgIpc) is 2.48. The Balaban J connectivity index is 2.33. The molecule has 0 unspecified atom stereocenters. The molecule has 104 valence electrons. The fourth-order valence-corrected chi connectivity index (χ4v) is 3.56. The summed E-state index contributed by atoms with van der Waals surface area (Å²) in [6.07, 6.45) is 0. The van der Waals surface area contributed by atoms with Gasteiger partial charge in [-0.1, -0.05) is 5.79 Å². The van der Waals surface area contributed by atoms with E-state index in [0.717, 1.165) is 0 Å². The van der Waals surface area contributed by atoms with Crippen molar-refractivity contribution in [1.82, 2.24) is 0 Å². The summed E-state index contributed by atoms with van der Waals surface area (Å²) >= 11 is -0.552. The predicted molar refractivity (Wildman–Crippen MR) is 78.5 cm³/mol. The minimum Gasteiger partial charge on any atom is -0.645 e. The van der Waals surface area contributed by atoms with E-state index >= 15 is 0 Å². The van der Waals surface area contributed by atoms with Gasteiger partial charge in [-0.2, -0.15) is 0 Å². The molecule has 0 amide bonds. The van der Waals surface area contributed by atoms with Crippen LogP contribution < -0.4 is 8.53 Å². The first-order valence-electron chi connectivity index (χ1n) is 6.20. The summed E-state index contributed by atoms with van der Waals surface area (Å²) in [5.74, 6) is 3.36. The Morgan fingerprint density at radius 2 is 1.30 bits per heavy atom. The molecule has 0 aliphatic carbocycles. The summed E-state index contributed by atoms with van der Waals surface area (Å²) in [7, 11) is -1.95. The lowest BCUT2D eigenvalue weighted by Gasteiger charge is -2.08. The van der Waals surface area contributed by atoms with Crippen molar-refractivity contribution in [3.63, 3.8) is 0 Å². The molecular weight excluding hydrogens is 291 g/mol. The largest absolute Gasteiger partial charge is 0.645 e. The third-order valence-corrected chi connectivity index (χ3v) is 5.22. The van der Waals surface area contributed by atoms with Crippen LogP contribution in [0.4, 0.5) is 0 Å². The van der Waals surface area contributed by atoms with Gasteiger partial charge < -0.3 is 8.53 Å². The lowest BCUT2D eigenvalue weighted by atomic mass is 10.3. The molecule has 0 heterocycles. The number of benzene rings is 2. The van der Waals surface area contributed by atoms with E-state index in [-0.39, 0.29) is 9.79 Å². The second-order valence-corrected chi connectivity index (χ2v) is 6.90. The molecule has 2 aromatic rings. The standard InChI is InChI=1S/C13H12O4S.CH3.Al.H/c1-17-11-4-8-13(9-5-11)18(15,16)12-6-2-10(14)3-7-12;;;/h2-9,14H,1H3;1H3;;/q;;+1;/p-1. The SMILES string of the molecule is COc1ccc(S(=O)(=O)c2ccc([O][AlH][CH3])cc2)cc1. The van der Waals surface area contributed by atoms with Crippen LogP contribution in [0.2, 0.25) is 5.79 Å². The Bertz CT molecular complexity index is 663. The van der Waals surface area contributed by atoms with Gasteiger partial charge in [-0.3, -0.25) is 0 Å². The second kappa shape index (κ2) is 6.31. The van der Waals surface area contributed by atoms with Crippen LogP contribution in [-0.4, -0.2) is 31.1 Å². The van der Waals surface area contributed by atoms with E-state index in [1.54, 1.807) is 43.5 Å². The van der Waals surface area contributed by atoms with Crippen molar-refractivity contribution in [3.8, 4) is 11.5 Å². The van der Waals surface area contributed by atoms with Crippen LogP contribution >= 0.6 is 0 Å². The normalized spacial score (nSPS) is 10.9. The van der Waals surface area contributed by atoms with Gasteiger partial charge in [-0.25, -0.2) is 8.42 Å². The molecule has 0 aliphatic rings. The minimum atomic E-state index is -3.50. The zero-order valence-electron chi connectivity index (χ0n) is 11.4. The summed E-state index contributed by atoms with van der Waals surface area (Å²) in [5.41, 5.74) is 0. The monoisotopic (exact) mass is 306 g/mol. The molecule has 0 atom stereocenters. The Morgan fingerprint density at radius 1 is 0.850 bits per heavy atom. The van der Waals surface area contributed by atoms with Crippen molar-refractivity contribution in [3.05, 3.63) is 48.5 Å². The first-order chi connectivity index (χ1) is 9.57. The van der Waals surface area contributed by atoms with Crippen LogP contribution in [0.3, 0.4) is 0 Å². The maximum Gasteiger partial charge on any atom is 0.518 e. The van der Waals surface area contributed by atoms with E-state index < -0.39 is 25.4 Å². The third-order valence-electron chi connectivity index (χ3n) is 2.81. The molecule has 0 saturated carbocycles. The molecule has 0 aliphatic heterocycles. The minimum absolute atomic E-state index is 0.247. The first kappa shape index (κ1) is 14.9. The topological polar surface area (TPSA) is 52.6 Å². The van der Waals surface area contributed by atoms with Crippen LogP contribution in [0.5, 0.6) is 11.5 Å². The first-order valence-corrected chi connectivity index (χ1v) is 9.67. The highest BCUT2D eigenvalue weighted by Gasteiger charge is 2.17. The fraction of sp³-hybridized carbons (Fsp3) is 0.143. The summed E-state index contributed by atoms with van der Waals surface area (Å²) in [6.45, 7) is 0. The average molecular weight is 306 g/mol. The van der Waals surface area contributed by atoms with E-state index in [1.165, 1.54) is 12.1 Å². The fourth-order valence-electron chi connectivity index (χ4n) is 1.77. The van der Waals surface area contributed by atoms with Crippen molar-refractivity contribution in [2.45, 2.75) is 15.6 Å². The lowest BCUT2D eigenvalue weighted by molar-refractivity contribution is 0.414. The van der Waals surface area contributed by atoms with Crippen LogP contribution in [0, 0.1) is 0 Å². The maximum atomic E-state index is 12.4. The van der Waals surface area contributed by atoms with Gasteiger partial charge >= 0.3 is 15.6 Å². The highest BCUT2D eigenvalue weighted by molar-refractivity contribution is 7.91. The molecule has 0 aromatic heterocycles. The van der Waals surface area contributed by atoms with Crippen LogP contribution in [0.1, 0.15) is 0 Å². The van der Waals surface area contributed by atoms with Crippen LogP contribution in [0.25, 0.3) is 0 Å². The summed E-state index contributed by atoms with van der Waals surface area (Å²) < 4.78 is 35.3. The van der Waals surface area contributed by atoms with Crippen molar-refractivity contribution < 1.29 is 16.9 Å². The zero-order valence-corrected chi connectivity index (χ0v) is 13.6. The van der Waals surface area contributed by atoms with Crippen molar-refractivity contribution >= 4 is 25.4 Å². The smallest absolute Gasteiger partial charge is 0.518 e. The number of hydrogen-bond acceptors (Lipinski definition) is 4. The highest BCUT2D eigenvalue weighted by atomic mass is 32.2. The number of rotatable bonds is 5. The molecule has 20 heavy (non-hydrogen) atoms. The van der Waals surface area contributed by atoms with Crippen LogP contribution in [0.15, 0.2) is 58.3 Å². The van der Waals surface area contributed by atoms with Gasteiger partial charge in [-0.05, 0) is 48.5 Å². The van der Waals surface area contributed by atoms with Crippen molar-refractivity contribution in [1.29, 1.82) is 0 Å². The highest BCUT2D eigenvalue weighted by Crippen LogP contribution is 2.24. The van der Waals surface area contributed by atoms with Gasteiger partial charge in [0.25, 0.3) is 0 Å². The molecular formula is C14H15AlO4S. The zero-order chi connectivity index (χ0) is 14.6. The Kier molecular flexibility index (Phi) is 4.71. The number of ether oxygens (including phenoxy) is 1. The molecule has 0 saturated heterocycles. The van der Waals surface area contributed by atoms with Crippen molar-refractivity contribution in [2.24, 2.45) is 0 Å². The van der Waals surface area contributed by atoms with Gasteiger partial charge in [0.05, 0.1) is 22.7 Å². The molecule has 0 bridgehead atoms. The molecule has 2 aromatic carbocycles. The number of methoxy groups -OCH3 is 1. The Labute approximate surface area is 125 Å². The molecule has 2 rings (SSSR count). The molecule has 6 heteroatoms. The summed E-state index contributed by atoms with van der Waals surface area (Å²) in [6, 6.07) is 12.9. The van der Waals surface area contributed by atoms with Crippen LogP contribution in [-0.2, 0) is 9.84 Å². The van der Waals surface area contributed by atoms with E-state index in [2.05, 4.69) is 0 Å². The number of hydrogen-bond donors (Lipinski definition) is 0. The maximum absolute atomic E-state index is 12.4. The molecule has 0 fully saturated rings. The molecule has 0 radical (unpaired) electrons. The van der Waals surface area contributed by atoms with E-state index in [9.17, 15) is 8.42 Å². The van der Waals surface area contributed by atoms with Gasteiger partial charge in [-0.15, -0.1) is 0 Å². The van der Waals surface area contributed by atoms with Gasteiger partial charge in [0.2, 0.25) is 9.84 Å². The third kappa shape index (κ3) is 3.15. The Hall–Kier alpha value is -1.48. The predicted octanol–water partition coefficient (Wildman–Crippen LogP) is 2.31. The molecule has 0 spiro atoms. The van der Waals surface area contributed by atoms with E-state index in [1.807, 2.05) is 5.79 Å². The van der Waals surface area contributed by atoms with Gasteiger partial charge in [0.15, 0.2) is 0 Å². The Morgan fingerprint density at radius 3 is 1.70 bits per heavy atom. The van der Waals surface area contributed by atoms with E-state index in [4.69, 9.17) is 8.53 Å². The second-order valence-electron chi connectivity index (χ2n) is 4.08. The molecule has 0 N–H and O–H groups in total. The summed E-state index contributed by atoms with van der Waals surface area (Å²) in [5, 5.41) is 0.